The van der Waals surface area contributed by atoms with Crippen LogP contribution in [0.3, 0.4) is 0 Å². The molecule has 1 rings (SSSR count). The van der Waals surface area contributed by atoms with E-state index in [2.05, 4.69) is 43.0 Å². The lowest BCUT2D eigenvalue weighted by Crippen LogP contribution is -2.13. The SMILES string of the molecule is CCCC(OC)c1nc(CC)c(C)c(NCC)n1. The Kier molecular flexibility index (Phi) is 6.05. The lowest BCUT2D eigenvalue weighted by Gasteiger charge is -2.17. The molecule has 102 valence electrons. The van der Waals surface area contributed by atoms with Gasteiger partial charge in [-0.3, -0.25) is 0 Å². The van der Waals surface area contributed by atoms with Crippen molar-refractivity contribution >= 4 is 5.82 Å². The maximum atomic E-state index is 5.50. The van der Waals surface area contributed by atoms with Crippen LogP contribution in [0.15, 0.2) is 0 Å². The average Bonchev–Trinajstić information content (AvgIpc) is 2.38. The molecule has 0 amide bonds. The van der Waals surface area contributed by atoms with Crippen LogP contribution in [-0.2, 0) is 11.2 Å². The first-order chi connectivity index (χ1) is 8.67. The number of methoxy groups -OCH3 is 1. The van der Waals surface area contributed by atoms with Crippen molar-refractivity contribution in [3.05, 3.63) is 17.1 Å². The van der Waals surface area contributed by atoms with Gasteiger partial charge in [0.15, 0.2) is 5.82 Å². The minimum Gasteiger partial charge on any atom is -0.373 e. The Balaban J connectivity index is 3.14. The number of ether oxygens (including phenoxy) is 1. The molecule has 0 bridgehead atoms. The summed E-state index contributed by atoms with van der Waals surface area (Å²) < 4.78 is 5.50. The highest BCUT2D eigenvalue weighted by molar-refractivity contribution is 5.46. The number of aromatic nitrogens is 2. The third-order valence-electron chi connectivity index (χ3n) is 3.07. The van der Waals surface area contributed by atoms with E-state index in [9.17, 15) is 0 Å². The van der Waals surface area contributed by atoms with Crippen molar-refractivity contribution in [1.82, 2.24) is 9.97 Å². The van der Waals surface area contributed by atoms with Gasteiger partial charge in [0.05, 0.1) is 0 Å². The van der Waals surface area contributed by atoms with Gasteiger partial charge in [0.2, 0.25) is 0 Å². The molecule has 1 aromatic heterocycles. The van der Waals surface area contributed by atoms with Gasteiger partial charge in [-0.15, -0.1) is 0 Å². The second-order valence-corrected chi connectivity index (χ2v) is 4.40. The number of hydrogen-bond acceptors (Lipinski definition) is 4. The van der Waals surface area contributed by atoms with Crippen molar-refractivity contribution < 1.29 is 4.74 Å². The maximum absolute atomic E-state index is 5.50. The Morgan fingerprint density at radius 3 is 2.44 bits per heavy atom. The molecule has 0 saturated carbocycles. The average molecular weight is 251 g/mol. The predicted molar refractivity (Wildman–Crippen MR) is 75.0 cm³/mol. The monoisotopic (exact) mass is 251 g/mol. The van der Waals surface area contributed by atoms with E-state index in [0.29, 0.717) is 0 Å². The molecule has 1 unspecified atom stereocenters. The van der Waals surface area contributed by atoms with Crippen molar-refractivity contribution in [3.63, 3.8) is 0 Å². The van der Waals surface area contributed by atoms with Gasteiger partial charge >= 0.3 is 0 Å². The molecule has 1 heterocycles. The Morgan fingerprint density at radius 1 is 1.22 bits per heavy atom. The van der Waals surface area contributed by atoms with Gasteiger partial charge in [0.25, 0.3) is 0 Å². The lowest BCUT2D eigenvalue weighted by atomic mass is 10.1. The van der Waals surface area contributed by atoms with Gasteiger partial charge in [-0.25, -0.2) is 9.97 Å². The molecule has 4 heteroatoms. The van der Waals surface area contributed by atoms with Crippen molar-refractivity contribution in [2.45, 2.75) is 53.1 Å². The molecular weight excluding hydrogens is 226 g/mol. The molecule has 1 atom stereocenters. The standard InChI is InChI=1S/C14H25N3O/c1-6-9-12(18-5)14-16-11(7-2)10(4)13(17-14)15-8-3/h12H,6-9H2,1-5H3,(H,15,16,17). The van der Waals surface area contributed by atoms with Crippen molar-refractivity contribution in [2.75, 3.05) is 19.0 Å². The van der Waals surface area contributed by atoms with Crippen LogP contribution < -0.4 is 5.32 Å². The van der Waals surface area contributed by atoms with Crippen LogP contribution in [0.4, 0.5) is 5.82 Å². The number of anilines is 1. The fraction of sp³-hybridized carbons (Fsp3) is 0.714. The first-order valence-corrected chi connectivity index (χ1v) is 6.81. The molecule has 0 aliphatic carbocycles. The van der Waals surface area contributed by atoms with Gasteiger partial charge in [0.1, 0.15) is 11.9 Å². The van der Waals surface area contributed by atoms with Gasteiger partial charge in [-0.1, -0.05) is 20.3 Å². The summed E-state index contributed by atoms with van der Waals surface area (Å²) in [6.07, 6.45) is 2.93. The Labute approximate surface area is 110 Å². The summed E-state index contributed by atoms with van der Waals surface area (Å²) in [6.45, 7) is 9.28. The second-order valence-electron chi connectivity index (χ2n) is 4.40. The highest BCUT2D eigenvalue weighted by atomic mass is 16.5. The molecular formula is C14H25N3O. The van der Waals surface area contributed by atoms with Crippen LogP contribution in [0.25, 0.3) is 0 Å². The molecule has 0 saturated heterocycles. The Hall–Kier alpha value is -1.16. The first kappa shape index (κ1) is 14.9. The molecule has 0 spiro atoms. The quantitative estimate of drug-likeness (QED) is 0.808. The molecule has 0 aromatic carbocycles. The smallest absolute Gasteiger partial charge is 0.159 e. The number of nitrogens with one attached hydrogen (secondary N) is 1. The highest BCUT2D eigenvalue weighted by Crippen LogP contribution is 2.23. The Morgan fingerprint density at radius 2 is 1.94 bits per heavy atom. The van der Waals surface area contributed by atoms with Crippen LogP contribution >= 0.6 is 0 Å². The van der Waals surface area contributed by atoms with E-state index < -0.39 is 0 Å². The number of hydrogen-bond donors (Lipinski definition) is 1. The third-order valence-corrected chi connectivity index (χ3v) is 3.07. The second kappa shape index (κ2) is 7.31. The maximum Gasteiger partial charge on any atom is 0.159 e. The minimum atomic E-state index is -0.00157. The summed E-state index contributed by atoms with van der Waals surface area (Å²) in [7, 11) is 1.72. The fourth-order valence-corrected chi connectivity index (χ4v) is 2.02. The van der Waals surface area contributed by atoms with Gasteiger partial charge in [-0.05, 0) is 26.7 Å². The van der Waals surface area contributed by atoms with E-state index >= 15 is 0 Å². The zero-order chi connectivity index (χ0) is 13.5. The van der Waals surface area contributed by atoms with Gasteiger partial charge < -0.3 is 10.1 Å². The number of nitrogens with zero attached hydrogens (tertiary/aromatic N) is 2. The van der Waals surface area contributed by atoms with Crippen molar-refractivity contribution in [2.24, 2.45) is 0 Å². The zero-order valence-electron chi connectivity index (χ0n) is 12.2. The van der Waals surface area contributed by atoms with Crippen LogP contribution in [0.1, 0.15) is 56.8 Å². The normalized spacial score (nSPS) is 12.5. The Bertz CT molecular complexity index is 380. The lowest BCUT2D eigenvalue weighted by molar-refractivity contribution is 0.0875. The van der Waals surface area contributed by atoms with E-state index in [1.165, 1.54) is 0 Å². The van der Waals surface area contributed by atoms with Crippen LogP contribution in [0.5, 0.6) is 0 Å². The van der Waals surface area contributed by atoms with E-state index in [0.717, 1.165) is 48.7 Å². The van der Waals surface area contributed by atoms with E-state index in [1.54, 1.807) is 7.11 Å². The molecule has 0 radical (unpaired) electrons. The third kappa shape index (κ3) is 3.42. The molecule has 4 nitrogen and oxygen atoms in total. The number of aryl methyl sites for hydroxylation is 1. The first-order valence-electron chi connectivity index (χ1n) is 6.81. The minimum absolute atomic E-state index is 0.00157. The summed E-state index contributed by atoms with van der Waals surface area (Å²) in [4.78, 5) is 9.26. The summed E-state index contributed by atoms with van der Waals surface area (Å²) in [6, 6.07) is 0. The van der Waals surface area contributed by atoms with Crippen LogP contribution in [-0.4, -0.2) is 23.6 Å². The van der Waals surface area contributed by atoms with Crippen LogP contribution in [0.2, 0.25) is 0 Å². The highest BCUT2D eigenvalue weighted by Gasteiger charge is 2.16. The van der Waals surface area contributed by atoms with E-state index in [-0.39, 0.29) is 6.10 Å². The molecule has 0 aliphatic rings. The molecule has 18 heavy (non-hydrogen) atoms. The van der Waals surface area contributed by atoms with Crippen molar-refractivity contribution in [3.8, 4) is 0 Å². The topological polar surface area (TPSA) is 47.0 Å². The number of rotatable bonds is 7. The van der Waals surface area contributed by atoms with E-state index in [4.69, 9.17) is 4.74 Å². The predicted octanol–water partition coefficient (Wildman–Crippen LogP) is 3.27. The molecule has 0 aliphatic heterocycles. The van der Waals surface area contributed by atoms with E-state index in [1.807, 2.05) is 0 Å². The molecule has 1 N–H and O–H groups in total. The summed E-state index contributed by atoms with van der Waals surface area (Å²) >= 11 is 0. The molecule has 0 fully saturated rings. The van der Waals surface area contributed by atoms with Gasteiger partial charge in [-0.2, -0.15) is 0 Å². The largest absolute Gasteiger partial charge is 0.373 e. The fourth-order valence-electron chi connectivity index (χ4n) is 2.02. The van der Waals surface area contributed by atoms with Gasteiger partial charge in [0, 0.05) is 24.9 Å². The summed E-state index contributed by atoms with van der Waals surface area (Å²) in [5, 5.41) is 3.31. The zero-order valence-corrected chi connectivity index (χ0v) is 12.2. The van der Waals surface area contributed by atoms with Crippen molar-refractivity contribution in [1.29, 1.82) is 0 Å². The molecule has 1 aromatic rings. The summed E-state index contributed by atoms with van der Waals surface area (Å²) in [5.74, 6) is 1.75. The summed E-state index contributed by atoms with van der Waals surface area (Å²) in [5.41, 5.74) is 2.25. The van der Waals surface area contributed by atoms with Crippen LogP contribution in [0, 0.1) is 6.92 Å².